The molecule has 1 N–H and O–H groups in total. The first kappa shape index (κ1) is 11.8. The summed E-state index contributed by atoms with van der Waals surface area (Å²) < 4.78 is 0. The van der Waals surface area contributed by atoms with Gasteiger partial charge in [0.15, 0.2) is 0 Å². The van der Waals surface area contributed by atoms with Gasteiger partial charge in [0.25, 0.3) is 0 Å². The maximum absolute atomic E-state index is 9.64. The molecule has 0 saturated carbocycles. The summed E-state index contributed by atoms with van der Waals surface area (Å²) in [5.41, 5.74) is 0.692. The molecule has 78 valence electrons. The second kappa shape index (κ2) is 4.96. The Labute approximate surface area is 93.9 Å². The topological polar surface area (TPSA) is 33.1 Å². The van der Waals surface area contributed by atoms with Crippen LogP contribution in [0.25, 0.3) is 0 Å². The molecule has 1 aromatic rings. The maximum atomic E-state index is 9.64. The highest BCUT2D eigenvalue weighted by atomic mass is 35.5. The second-order valence-corrected chi connectivity index (χ2v) is 4.44. The lowest BCUT2D eigenvalue weighted by Gasteiger charge is -2.14. The molecule has 0 spiro atoms. The fraction of sp³-hybridized carbons (Fsp3) is 0.500. The van der Waals surface area contributed by atoms with Gasteiger partial charge in [0.2, 0.25) is 0 Å². The molecule has 0 aliphatic heterocycles. The zero-order chi connectivity index (χ0) is 10.7. The van der Waals surface area contributed by atoms with Gasteiger partial charge in [-0.25, -0.2) is 0 Å². The molecular weight excluding hydrogens is 221 g/mol. The summed E-state index contributed by atoms with van der Waals surface area (Å²) in [6, 6.07) is 1.64. The molecular formula is C10H13Cl2NO. The van der Waals surface area contributed by atoms with Gasteiger partial charge in [-0.3, -0.25) is 4.98 Å². The normalized spacial score (nSPS) is 13.3. The summed E-state index contributed by atoms with van der Waals surface area (Å²) in [5, 5.41) is 10.7. The molecule has 0 aliphatic rings. The van der Waals surface area contributed by atoms with Crippen molar-refractivity contribution >= 4 is 23.2 Å². The molecule has 4 heteroatoms. The Bertz CT molecular complexity index is 315. The van der Waals surface area contributed by atoms with E-state index in [-0.39, 0.29) is 5.92 Å². The van der Waals surface area contributed by atoms with Gasteiger partial charge in [0.1, 0.15) is 0 Å². The first-order valence-electron chi connectivity index (χ1n) is 4.48. The molecule has 0 bridgehead atoms. The van der Waals surface area contributed by atoms with Gasteiger partial charge in [-0.2, -0.15) is 0 Å². The summed E-state index contributed by atoms with van der Waals surface area (Å²) in [5.74, 6) is 0.198. The molecule has 0 saturated heterocycles. The van der Waals surface area contributed by atoms with Crippen LogP contribution >= 0.6 is 23.2 Å². The van der Waals surface area contributed by atoms with E-state index >= 15 is 0 Å². The Morgan fingerprint density at radius 2 is 2.07 bits per heavy atom. The van der Waals surface area contributed by atoms with Crippen LogP contribution in [0.15, 0.2) is 12.3 Å². The van der Waals surface area contributed by atoms with E-state index in [2.05, 4.69) is 4.98 Å². The van der Waals surface area contributed by atoms with E-state index < -0.39 is 6.10 Å². The van der Waals surface area contributed by atoms with Gasteiger partial charge in [-0.15, -0.1) is 0 Å². The fourth-order valence-electron chi connectivity index (χ4n) is 1.03. The molecule has 1 atom stereocenters. The molecule has 0 aromatic carbocycles. The average molecular weight is 234 g/mol. The van der Waals surface area contributed by atoms with Crippen molar-refractivity contribution in [2.45, 2.75) is 26.4 Å². The molecule has 1 unspecified atom stereocenters. The first-order chi connectivity index (χ1) is 6.50. The predicted octanol–water partition coefficient (Wildman–Crippen LogP) is 2.95. The van der Waals surface area contributed by atoms with Crippen LogP contribution in [0.1, 0.15) is 19.5 Å². The average Bonchev–Trinajstić information content (AvgIpc) is 2.09. The summed E-state index contributed by atoms with van der Waals surface area (Å²) in [6.45, 7) is 3.91. The minimum absolute atomic E-state index is 0.198. The number of hydrogen-bond donors (Lipinski definition) is 1. The third-order valence-corrected chi connectivity index (χ3v) is 2.59. The van der Waals surface area contributed by atoms with Gasteiger partial charge < -0.3 is 5.11 Å². The van der Waals surface area contributed by atoms with Crippen molar-refractivity contribution in [3.8, 4) is 0 Å². The monoisotopic (exact) mass is 233 g/mol. The van der Waals surface area contributed by atoms with Crippen LogP contribution in [0, 0.1) is 5.92 Å². The number of aliphatic hydroxyl groups is 1. The van der Waals surface area contributed by atoms with Crippen molar-refractivity contribution in [1.29, 1.82) is 0 Å². The number of rotatable bonds is 3. The molecule has 1 aromatic heterocycles. The Morgan fingerprint density at radius 3 is 2.57 bits per heavy atom. The Hall–Kier alpha value is -0.310. The van der Waals surface area contributed by atoms with Crippen LogP contribution < -0.4 is 0 Å². The highest BCUT2D eigenvalue weighted by Gasteiger charge is 2.13. The molecule has 2 nitrogen and oxygen atoms in total. The van der Waals surface area contributed by atoms with E-state index in [9.17, 15) is 5.11 Å². The number of aliphatic hydroxyl groups excluding tert-OH is 1. The van der Waals surface area contributed by atoms with Crippen LogP contribution in [0.2, 0.25) is 10.0 Å². The molecule has 1 rings (SSSR count). The summed E-state index contributed by atoms with van der Waals surface area (Å²) in [7, 11) is 0. The van der Waals surface area contributed by atoms with E-state index in [4.69, 9.17) is 23.2 Å². The smallest absolute Gasteiger partial charge is 0.0637 e. The number of aromatic nitrogens is 1. The van der Waals surface area contributed by atoms with Crippen LogP contribution in [-0.2, 0) is 6.42 Å². The highest BCUT2D eigenvalue weighted by Crippen LogP contribution is 2.20. The van der Waals surface area contributed by atoms with E-state index in [1.165, 1.54) is 6.20 Å². The van der Waals surface area contributed by atoms with E-state index in [0.29, 0.717) is 22.2 Å². The van der Waals surface area contributed by atoms with Crippen LogP contribution in [0.4, 0.5) is 0 Å². The SMILES string of the molecule is CC(C)C(O)Cc1ncc(Cl)cc1Cl. The van der Waals surface area contributed by atoms with Gasteiger partial charge in [0, 0.05) is 12.6 Å². The van der Waals surface area contributed by atoms with Gasteiger partial charge in [-0.05, 0) is 12.0 Å². The molecule has 0 radical (unpaired) electrons. The number of hydrogen-bond acceptors (Lipinski definition) is 2. The molecule has 0 aliphatic carbocycles. The number of halogens is 2. The van der Waals surface area contributed by atoms with Crippen molar-refractivity contribution in [2.24, 2.45) is 5.92 Å². The third-order valence-electron chi connectivity index (χ3n) is 2.06. The van der Waals surface area contributed by atoms with Crippen molar-refractivity contribution in [3.05, 3.63) is 28.0 Å². The maximum Gasteiger partial charge on any atom is 0.0637 e. The van der Waals surface area contributed by atoms with Gasteiger partial charge in [-0.1, -0.05) is 37.0 Å². The van der Waals surface area contributed by atoms with E-state index in [0.717, 1.165) is 0 Å². The molecule has 0 amide bonds. The van der Waals surface area contributed by atoms with E-state index in [1.807, 2.05) is 13.8 Å². The minimum atomic E-state index is -0.416. The summed E-state index contributed by atoms with van der Waals surface area (Å²) >= 11 is 11.6. The zero-order valence-corrected chi connectivity index (χ0v) is 9.68. The largest absolute Gasteiger partial charge is 0.392 e. The Kier molecular flexibility index (Phi) is 4.17. The minimum Gasteiger partial charge on any atom is -0.392 e. The zero-order valence-electron chi connectivity index (χ0n) is 8.17. The molecule has 14 heavy (non-hydrogen) atoms. The lowest BCUT2D eigenvalue weighted by Crippen LogP contribution is -2.18. The van der Waals surface area contributed by atoms with Crippen LogP contribution in [0.3, 0.4) is 0 Å². The quantitative estimate of drug-likeness (QED) is 0.872. The number of pyridine rings is 1. The van der Waals surface area contributed by atoms with Crippen LogP contribution in [0.5, 0.6) is 0 Å². The summed E-state index contributed by atoms with van der Waals surface area (Å²) in [4.78, 5) is 4.08. The van der Waals surface area contributed by atoms with Crippen molar-refractivity contribution in [3.63, 3.8) is 0 Å². The standard InChI is InChI=1S/C10H13Cl2NO/c1-6(2)10(14)4-9-8(12)3-7(11)5-13-9/h3,5-6,10,14H,4H2,1-2H3. The van der Waals surface area contributed by atoms with Crippen molar-refractivity contribution in [1.82, 2.24) is 4.98 Å². The van der Waals surface area contributed by atoms with Crippen molar-refractivity contribution < 1.29 is 5.11 Å². The first-order valence-corrected chi connectivity index (χ1v) is 5.24. The fourth-order valence-corrected chi connectivity index (χ4v) is 1.48. The van der Waals surface area contributed by atoms with E-state index in [1.54, 1.807) is 6.07 Å². The number of nitrogens with zero attached hydrogens (tertiary/aromatic N) is 1. The van der Waals surface area contributed by atoms with Gasteiger partial charge in [0.05, 0.1) is 21.8 Å². The molecule has 1 heterocycles. The lowest BCUT2D eigenvalue weighted by atomic mass is 10.0. The second-order valence-electron chi connectivity index (χ2n) is 3.60. The third kappa shape index (κ3) is 3.12. The lowest BCUT2D eigenvalue weighted by molar-refractivity contribution is 0.124. The predicted molar refractivity (Wildman–Crippen MR) is 58.8 cm³/mol. The van der Waals surface area contributed by atoms with Gasteiger partial charge >= 0.3 is 0 Å². The Balaban J connectivity index is 2.77. The van der Waals surface area contributed by atoms with Crippen molar-refractivity contribution in [2.75, 3.05) is 0 Å². The highest BCUT2D eigenvalue weighted by molar-refractivity contribution is 6.34. The molecule has 0 fully saturated rings. The Morgan fingerprint density at radius 1 is 1.43 bits per heavy atom. The van der Waals surface area contributed by atoms with Crippen LogP contribution in [-0.4, -0.2) is 16.2 Å². The summed E-state index contributed by atoms with van der Waals surface area (Å²) in [6.07, 6.45) is 1.59.